The van der Waals surface area contributed by atoms with Crippen molar-refractivity contribution in [3.63, 3.8) is 0 Å². The lowest BCUT2D eigenvalue weighted by Gasteiger charge is -2.21. The molecule has 3 rings (SSSR count). The van der Waals surface area contributed by atoms with Crippen LogP contribution in [0.4, 0.5) is 17.5 Å². The van der Waals surface area contributed by atoms with E-state index in [4.69, 9.17) is 14.7 Å². The van der Waals surface area contributed by atoms with E-state index in [1.165, 1.54) is 0 Å². The molecule has 1 aromatic heterocycles. The molecule has 0 fully saturated rings. The summed E-state index contributed by atoms with van der Waals surface area (Å²) in [5, 5.41) is 3.34. The zero-order chi connectivity index (χ0) is 19.2. The predicted octanol–water partition coefficient (Wildman–Crippen LogP) is 5.05. The van der Waals surface area contributed by atoms with Gasteiger partial charge in [-0.15, -0.1) is 0 Å². The first-order valence-corrected chi connectivity index (χ1v) is 9.25. The van der Waals surface area contributed by atoms with Gasteiger partial charge in [-0.3, -0.25) is 0 Å². The topological polar surface area (TPSA) is 50.3 Å². The molecule has 5 heteroatoms. The molecular weight excluding hydrogens is 336 g/mol. The SMILES string of the molecule is CCN(CC)c1cc(-c2ccccc2)nc(Nc2cc(C)ccc2OC)n1. The molecule has 0 saturated carbocycles. The third-order valence-corrected chi connectivity index (χ3v) is 4.47. The Balaban J connectivity index is 2.06. The van der Waals surface area contributed by atoms with Crippen molar-refractivity contribution < 1.29 is 4.74 Å². The van der Waals surface area contributed by atoms with Crippen molar-refractivity contribution in [3.8, 4) is 17.0 Å². The van der Waals surface area contributed by atoms with Crippen LogP contribution in [-0.2, 0) is 0 Å². The van der Waals surface area contributed by atoms with Crippen molar-refractivity contribution in [1.29, 1.82) is 0 Å². The minimum Gasteiger partial charge on any atom is -0.495 e. The first-order chi connectivity index (χ1) is 13.1. The second-order valence-corrected chi connectivity index (χ2v) is 6.30. The smallest absolute Gasteiger partial charge is 0.229 e. The van der Waals surface area contributed by atoms with Crippen molar-refractivity contribution in [2.45, 2.75) is 20.8 Å². The molecule has 0 atom stereocenters. The standard InChI is InChI=1S/C22H26N4O/c1-5-26(6-2)21-15-18(17-10-8-7-9-11-17)23-22(25-21)24-19-14-16(3)12-13-20(19)27-4/h7-15H,5-6H2,1-4H3,(H,23,24,25). The van der Waals surface area contributed by atoms with Gasteiger partial charge in [0.1, 0.15) is 11.6 Å². The van der Waals surface area contributed by atoms with Crippen molar-refractivity contribution in [1.82, 2.24) is 9.97 Å². The van der Waals surface area contributed by atoms with E-state index in [0.29, 0.717) is 5.95 Å². The summed E-state index contributed by atoms with van der Waals surface area (Å²) in [5.74, 6) is 2.23. The molecular formula is C22H26N4O. The minimum absolute atomic E-state index is 0.558. The van der Waals surface area contributed by atoms with Crippen LogP contribution in [0.2, 0.25) is 0 Å². The molecule has 0 radical (unpaired) electrons. The Bertz CT molecular complexity index is 892. The van der Waals surface area contributed by atoms with Crippen molar-refractivity contribution >= 4 is 17.5 Å². The fourth-order valence-electron chi connectivity index (χ4n) is 3.00. The Labute approximate surface area is 161 Å². The lowest BCUT2D eigenvalue weighted by molar-refractivity contribution is 0.416. The van der Waals surface area contributed by atoms with Gasteiger partial charge in [-0.05, 0) is 38.5 Å². The summed E-state index contributed by atoms with van der Waals surface area (Å²) in [7, 11) is 1.67. The highest BCUT2D eigenvalue weighted by molar-refractivity contribution is 5.69. The van der Waals surface area contributed by atoms with Gasteiger partial charge in [-0.25, -0.2) is 4.98 Å². The number of aryl methyl sites for hydroxylation is 1. The molecule has 0 amide bonds. The lowest BCUT2D eigenvalue weighted by atomic mass is 10.1. The Kier molecular flexibility index (Phi) is 5.91. The molecule has 5 nitrogen and oxygen atoms in total. The van der Waals surface area contributed by atoms with Crippen molar-refractivity contribution in [3.05, 3.63) is 60.2 Å². The van der Waals surface area contributed by atoms with E-state index < -0.39 is 0 Å². The molecule has 0 aliphatic carbocycles. The minimum atomic E-state index is 0.558. The van der Waals surface area contributed by atoms with Gasteiger partial charge in [0.2, 0.25) is 5.95 Å². The molecule has 0 saturated heterocycles. The van der Waals surface area contributed by atoms with E-state index in [0.717, 1.165) is 47.2 Å². The number of methoxy groups -OCH3 is 1. The highest BCUT2D eigenvalue weighted by Gasteiger charge is 2.12. The van der Waals surface area contributed by atoms with E-state index in [-0.39, 0.29) is 0 Å². The highest BCUT2D eigenvalue weighted by Crippen LogP contribution is 2.30. The predicted molar refractivity (Wildman–Crippen MR) is 112 cm³/mol. The molecule has 2 aromatic carbocycles. The number of benzene rings is 2. The van der Waals surface area contributed by atoms with Crippen LogP contribution in [0.15, 0.2) is 54.6 Å². The van der Waals surface area contributed by atoms with Gasteiger partial charge in [-0.2, -0.15) is 4.98 Å². The molecule has 3 aromatic rings. The van der Waals surface area contributed by atoms with Crippen LogP contribution >= 0.6 is 0 Å². The summed E-state index contributed by atoms with van der Waals surface area (Å²) in [6.07, 6.45) is 0. The average Bonchev–Trinajstić information content (AvgIpc) is 2.70. The van der Waals surface area contributed by atoms with E-state index in [1.807, 2.05) is 49.4 Å². The molecule has 1 N–H and O–H groups in total. The number of nitrogens with zero attached hydrogens (tertiary/aromatic N) is 3. The number of ether oxygens (including phenoxy) is 1. The summed E-state index contributed by atoms with van der Waals surface area (Å²) in [5.41, 5.74) is 3.95. The van der Waals surface area contributed by atoms with Crippen LogP contribution in [0.5, 0.6) is 5.75 Å². The molecule has 27 heavy (non-hydrogen) atoms. The van der Waals surface area contributed by atoms with Crippen LogP contribution in [0.25, 0.3) is 11.3 Å². The molecule has 1 heterocycles. The number of nitrogens with one attached hydrogen (secondary N) is 1. The molecule has 140 valence electrons. The van der Waals surface area contributed by atoms with Gasteiger partial charge in [0.05, 0.1) is 18.5 Å². The van der Waals surface area contributed by atoms with Crippen molar-refractivity contribution in [2.24, 2.45) is 0 Å². The van der Waals surface area contributed by atoms with Gasteiger partial charge in [0.25, 0.3) is 0 Å². The summed E-state index contributed by atoms with van der Waals surface area (Å²) in [6.45, 7) is 8.08. The zero-order valence-corrected chi connectivity index (χ0v) is 16.4. The zero-order valence-electron chi connectivity index (χ0n) is 16.4. The summed E-state index contributed by atoms with van der Waals surface area (Å²) >= 11 is 0. The maximum Gasteiger partial charge on any atom is 0.229 e. The Morgan fingerprint density at radius 1 is 0.963 bits per heavy atom. The number of hydrogen-bond acceptors (Lipinski definition) is 5. The first-order valence-electron chi connectivity index (χ1n) is 9.25. The highest BCUT2D eigenvalue weighted by atomic mass is 16.5. The molecule has 0 aliphatic rings. The van der Waals surface area contributed by atoms with Crippen LogP contribution in [0.1, 0.15) is 19.4 Å². The number of aromatic nitrogens is 2. The molecule has 0 aliphatic heterocycles. The van der Waals surface area contributed by atoms with Gasteiger partial charge >= 0.3 is 0 Å². The van der Waals surface area contributed by atoms with Gasteiger partial charge in [0, 0.05) is 24.7 Å². The van der Waals surface area contributed by atoms with Crippen LogP contribution < -0.4 is 15.0 Å². The van der Waals surface area contributed by atoms with Gasteiger partial charge < -0.3 is 15.0 Å². The van der Waals surface area contributed by atoms with E-state index >= 15 is 0 Å². The monoisotopic (exact) mass is 362 g/mol. The van der Waals surface area contributed by atoms with Gasteiger partial charge in [-0.1, -0.05) is 36.4 Å². The second kappa shape index (κ2) is 8.54. The second-order valence-electron chi connectivity index (χ2n) is 6.30. The molecule has 0 bridgehead atoms. The maximum atomic E-state index is 5.48. The summed E-state index contributed by atoms with van der Waals surface area (Å²) < 4.78 is 5.48. The number of hydrogen-bond donors (Lipinski definition) is 1. The quantitative estimate of drug-likeness (QED) is 0.637. The lowest BCUT2D eigenvalue weighted by Crippen LogP contribution is -2.23. The van der Waals surface area contributed by atoms with E-state index in [2.05, 4.69) is 36.2 Å². The largest absolute Gasteiger partial charge is 0.495 e. The van der Waals surface area contributed by atoms with Crippen molar-refractivity contribution in [2.75, 3.05) is 30.4 Å². The Morgan fingerprint density at radius 2 is 1.70 bits per heavy atom. The summed E-state index contributed by atoms with van der Waals surface area (Å²) in [6, 6.07) is 18.2. The maximum absolute atomic E-state index is 5.48. The molecule has 0 spiro atoms. The van der Waals surface area contributed by atoms with Crippen LogP contribution in [-0.4, -0.2) is 30.2 Å². The summed E-state index contributed by atoms with van der Waals surface area (Å²) in [4.78, 5) is 11.7. The van der Waals surface area contributed by atoms with Crippen LogP contribution in [0, 0.1) is 6.92 Å². The average molecular weight is 362 g/mol. The van der Waals surface area contributed by atoms with E-state index in [1.54, 1.807) is 7.11 Å². The Hall–Kier alpha value is -3.08. The van der Waals surface area contributed by atoms with Crippen LogP contribution in [0.3, 0.4) is 0 Å². The number of anilines is 3. The normalized spacial score (nSPS) is 10.5. The third-order valence-electron chi connectivity index (χ3n) is 4.47. The fraction of sp³-hybridized carbons (Fsp3) is 0.273. The van der Waals surface area contributed by atoms with E-state index in [9.17, 15) is 0 Å². The van der Waals surface area contributed by atoms with Gasteiger partial charge in [0.15, 0.2) is 0 Å². The first kappa shape index (κ1) is 18.7. The molecule has 0 unspecified atom stereocenters. The third kappa shape index (κ3) is 4.37. The number of rotatable bonds is 7. The fourth-order valence-corrected chi connectivity index (χ4v) is 3.00. The Morgan fingerprint density at radius 3 is 2.37 bits per heavy atom.